The number of benzene rings is 2. The van der Waals surface area contributed by atoms with Gasteiger partial charge in [-0.2, -0.15) is 0 Å². The van der Waals surface area contributed by atoms with Crippen molar-refractivity contribution in [2.24, 2.45) is 0 Å². The number of aliphatic carboxylic acids is 1. The van der Waals surface area contributed by atoms with Crippen molar-refractivity contribution in [3.8, 4) is 5.75 Å². The van der Waals surface area contributed by atoms with Crippen LogP contribution in [-0.4, -0.2) is 42.2 Å². The molecule has 1 spiro atoms. The van der Waals surface area contributed by atoms with Crippen molar-refractivity contribution >= 4 is 30.5 Å². The number of aryl methyl sites for hydroxylation is 1. The Morgan fingerprint density at radius 3 is 2.55 bits per heavy atom. The zero-order chi connectivity index (χ0) is 19.6. The Morgan fingerprint density at radius 1 is 1.14 bits per heavy atom. The van der Waals surface area contributed by atoms with E-state index >= 15 is 0 Å². The number of carbonyl (C=O) groups is 1. The summed E-state index contributed by atoms with van der Waals surface area (Å²) in [6.45, 7) is 5.35. The average molecular weight is 414 g/mol. The maximum Gasteiger partial charge on any atom is 0.304 e. The van der Waals surface area contributed by atoms with Gasteiger partial charge in [-0.05, 0) is 50.0 Å². The summed E-state index contributed by atoms with van der Waals surface area (Å²) < 4.78 is 6.09. The van der Waals surface area contributed by atoms with E-state index in [4.69, 9.17) is 9.84 Å². The Morgan fingerprint density at radius 2 is 1.86 bits per heavy atom. The summed E-state index contributed by atoms with van der Waals surface area (Å²) in [5.41, 5.74) is 5.02. The Bertz CT molecular complexity index is 901. The van der Waals surface area contributed by atoms with Crippen LogP contribution in [0.2, 0.25) is 0 Å². The van der Waals surface area contributed by atoms with E-state index in [0.717, 1.165) is 43.9 Å². The maximum atomic E-state index is 10.8. The molecule has 2 heterocycles. The highest BCUT2D eigenvalue weighted by Gasteiger charge is 2.42. The first kappa shape index (κ1) is 21.4. The number of fused-ring (bicyclic) bond motifs is 2. The van der Waals surface area contributed by atoms with Crippen molar-refractivity contribution in [3.63, 3.8) is 0 Å². The average Bonchev–Trinajstić information content (AvgIpc) is 3.04. The van der Waals surface area contributed by atoms with Gasteiger partial charge in [-0.15, -0.1) is 12.4 Å². The van der Waals surface area contributed by atoms with Gasteiger partial charge in [0.1, 0.15) is 5.75 Å². The number of rotatable bonds is 5. The molecule has 29 heavy (non-hydrogen) atoms. The van der Waals surface area contributed by atoms with Crippen LogP contribution in [0.1, 0.15) is 41.5 Å². The number of ether oxygens (including phenoxy) is 1. The van der Waals surface area contributed by atoms with Gasteiger partial charge in [0.25, 0.3) is 0 Å². The monoisotopic (exact) mass is 413 g/mol. The molecule has 2 aliphatic heterocycles. The van der Waals surface area contributed by atoms with E-state index in [9.17, 15) is 4.79 Å². The van der Waals surface area contributed by atoms with Gasteiger partial charge >= 0.3 is 5.97 Å². The molecule has 0 aromatic heterocycles. The molecular weight excluding hydrogens is 386 g/mol. The Kier molecular flexibility index (Phi) is 6.66. The lowest BCUT2D eigenvalue weighted by molar-refractivity contribution is -0.137. The number of carboxylic acid groups (broad SMARTS) is 1. The van der Waals surface area contributed by atoms with Gasteiger partial charge in [-0.3, -0.25) is 4.79 Å². The second-order valence-electron chi connectivity index (χ2n) is 8.06. The topological polar surface area (TPSA) is 49.8 Å². The minimum Gasteiger partial charge on any atom is -0.492 e. The molecule has 0 unspecified atom stereocenters. The molecule has 4 nitrogen and oxygen atoms in total. The molecule has 2 aliphatic rings. The van der Waals surface area contributed by atoms with E-state index in [1.165, 1.54) is 16.7 Å². The van der Waals surface area contributed by atoms with Crippen molar-refractivity contribution in [1.29, 1.82) is 0 Å². The first-order valence-corrected chi connectivity index (χ1v) is 10.0. The van der Waals surface area contributed by atoms with Crippen LogP contribution in [0.5, 0.6) is 5.75 Å². The van der Waals surface area contributed by atoms with Crippen LogP contribution >= 0.6 is 12.4 Å². The lowest BCUT2D eigenvalue weighted by Gasteiger charge is -2.38. The van der Waals surface area contributed by atoms with Crippen molar-refractivity contribution in [3.05, 3.63) is 64.7 Å². The van der Waals surface area contributed by atoms with Crippen LogP contribution in [-0.2, 0) is 10.2 Å². The van der Waals surface area contributed by atoms with Crippen LogP contribution in [0.15, 0.2) is 42.5 Å². The third-order valence-corrected chi connectivity index (χ3v) is 6.05. The Labute approximate surface area is 178 Å². The molecule has 4 rings (SSSR count). The molecule has 0 radical (unpaired) electrons. The Balaban J connectivity index is 0.00000240. The fourth-order valence-electron chi connectivity index (χ4n) is 4.33. The first-order chi connectivity index (χ1) is 13.5. The van der Waals surface area contributed by atoms with Gasteiger partial charge < -0.3 is 14.7 Å². The fourth-order valence-corrected chi connectivity index (χ4v) is 4.33. The molecule has 5 heteroatoms. The highest BCUT2D eigenvalue weighted by Crippen LogP contribution is 2.45. The van der Waals surface area contributed by atoms with Gasteiger partial charge in [-0.1, -0.05) is 54.1 Å². The van der Waals surface area contributed by atoms with Crippen LogP contribution in [0.3, 0.4) is 0 Å². The van der Waals surface area contributed by atoms with E-state index < -0.39 is 5.97 Å². The summed E-state index contributed by atoms with van der Waals surface area (Å²) in [6, 6.07) is 15.0. The molecule has 0 amide bonds. The van der Waals surface area contributed by atoms with Crippen LogP contribution in [0.25, 0.3) is 12.2 Å². The maximum absolute atomic E-state index is 10.8. The van der Waals surface area contributed by atoms with Gasteiger partial charge in [0.2, 0.25) is 0 Å². The van der Waals surface area contributed by atoms with Crippen molar-refractivity contribution in [1.82, 2.24) is 4.90 Å². The summed E-state index contributed by atoms with van der Waals surface area (Å²) in [6.07, 6.45) is 6.55. The highest BCUT2D eigenvalue weighted by atomic mass is 35.5. The summed E-state index contributed by atoms with van der Waals surface area (Å²) in [7, 11) is 0. The van der Waals surface area contributed by atoms with Crippen molar-refractivity contribution in [2.45, 2.75) is 31.6 Å². The standard InChI is InChI=1S/C24H27NO3.ClH/c1-18-3-2-4-19(15-18)5-6-20-7-8-21-22(16-20)28-17-24(21)10-13-25(14-11-24)12-9-23(26)27;/h2-8,15-16H,9-14,17H2,1H3,(H,26,27);1H/b6-5+;. The van der Waals surface area contributed by atoms with E-state index in [1.54, 1.807) is 0 Å². The SMILES string of the molecule is Cc1cccc(/C=C/c2ccc3c(c2)OCC32CCN(CCC(=O)O)CC2)c1.Cl. The number of carboxylic acids is 1. The lowest BCUT2D eigenvalue weighted by Crippen LogP contribution is -2.44. The molecule has 1 saturated heterocycles. The fraction of sp³-hybridized carbons (Fsp3) is 0.375. The number of hydrogen-bond acceptors (Lipinski definition) is 3. The molecule has 1 fully saturated rings. The summed E-state index contributed by atoms with van der Waals surface area (Å²) >= 11 is 0. The van der Waals surface area contributed by atoms with E-state index in [2.05, 4.69) is 66.4 Å². The minimum absolute atomic E-state index is 0. The van der Waals surface area contributed by atoms with Crippen molar-refractivity contribution < 1.29 is 14.6 Å². The predicted molar refractivity (Wildman–Crippen MR) is 119 cm³/mol. The highest BCUT2D eigenvalue weighted by molar-refractivity contribution is 5.85. The number of halogens is 1. The molecular formula is C24H28ClNO3. The van der Waals surface area contributed by atoms with Gasteiger partial charge in [0, 0.05) is 17.5 Å². The molecule has 154 valence electrons. The van der Waals surface area contributed by atoms with E-state index in [-0.39, 0.29) is 24.2 Å². The largest absolute Gasteiger partial charge is 0.492 e. The van der Waals surface area contributed by atoms with Crippen LogP contribution in [0, 0.1) is 6.92 Å². The Hall–Kier alpha value is -2.30. The van der Waals surface area contributed by atoms with Gasteiger partial charge in [-0.25, -0.2) is 0 Å². The second kappa shape index (κ2) is 9.02. The molecule has 0 saturated carbocycles. The normalized spacial score (nSPS) is 17.7. The van der Waals surface area contributed by atoms with Crippen LogP contribution < -0.4 is 4.74 Å². The molecule has 2 aromatic carbocycles. The number of hydrogen-bond donors (Lipinski definition) is 1. The predicted octanol–water partition coefficient (Wildman–Crippen LogP) is 4.79. The quantitative estimate of drug-likeness (QED) is 0.716. The molecule has 0 aliphatic carbocycles. The van der Waals surface area contributed by atoms with E-state index in [0.29, 0.717) is 6.54 Å². The van der Waals surface area contributed by atoms with Crippen molar-refractivity contribution in [2.75, 3.05) is 26.2 Å². The molecule has 1 N–H and O–H groups in total. The zero-order valence-electron chi connectivity index (χ0n) is 16.8. The third kappa shape index (κ3) is 4.82. The number of piperidine rings is 1. The smallest absolute Gasteiger partial charge is 0.304 e. The molecule has 0 atom stereocenters. The first-order valence-electron chi connectivity index (χ1n) is 10.0. The number of nitrogens with zero attached hydrogens (tertiary/aromatic N) is 1. The third-order valence-electron chi connectivity index (χ3n) is 6.05. The van der Waals surface area contributed by atoms with Crippen LogP contribution in [0.4, 0.5) is 0 Å². The summed E-state index contributed by atoms with van der Waals surface area (Å²) in [5.74, 6) is 0.284. The minimum atomic E-state index is -0.721. The summed E-state index contributed by atoms with van der Waals surface area (Å²) in [5, 5.41) is 8.88. The van der Waals surface area contributed by atoms with Gasteiger partial charge in [0.15, 0.2) is 0 Å². The molecule has 0 bridgehead atoms. The van der Waals surface area contributed by atoms with E-state index in [1.807, 2.05) is 0 Å². The second-order valence-corrected chi connectivity index (χ2v) is 8.06. The number of likely N-dealkylation sites (tertiary alicyclic amines) is 1. The lowest BCUT2D eigenvalue weighted by atomic mass is 9.74. The summed E-state index contributed by atoms with van der Waals surface area (Å²) in [4.78, 5) is 13.1. The van der Waals surface area contributed by atoms with Gasteiger partial charge in [0.05, 0.1) is 13.0 Å². The molecule has 2 aromatic rings. The zero-order valence-corrected chi connectivity index (χ0v) is 17.6.